The van der Waals surface area contributed by atoms with Crippen molar-refractivity contribution in [3.05, 3.63) is 59.9 Å². The summed E-state index contributed by atoms with van der Waals surface area (Å²) in [6, 6.07) is 9.45. The van der Waals surface area contributed by atoms with Gasteiger partial charge in [-0.3, -0.25) is 4.79 Å². The molecule has 0 unspecified atom stereocenters. The first-order chi connectivity index (χ1) is 9.25. The average Bonchev–Trinajstić information content (AvgIpc) is 3.11. The van der Waals surface area contributed by atoms with Crippen LogP contribution in [0.3, 0.4) is 0 Å². The molecule has 1 aromatic carbocycles. The van der Waals surface area contributed by atoms with Gasteiger partial charge >= 0.3 is 0 Å². The summed E-state index contributed by atoms with van der Waals surface area (Å²) in [5.41, 5.74) is 7.66. The number of hydrogen-bond donors (Lipinski definition) is 1. The number of nitrogens with zero attached hydrogens (tertiary/aromatic N) is 2. The van der Waals surface area contributed by atoms with E-state index in [0.717, 1.165) is 16.3 Å². The molecule has 0 aliphatic heterocycles. The van der Waals surface area contributed by atoms with E-state index in [-0.39, 0.29) is 0 Å². The molecule has 1 amide bonds. The number of carbonyl (C=O) groups is 1. The van der Waals surface area contributed by atoms with Gasteiger partial charge in [-0.25, -0.2) is 4.98 Å². The average molecular weight is 269 g/mol. The largest absolute Gasteiger partial charge is 0.366 e. The topological polar surface area (TPSA) is 60.9 Å². The van der Waals surface area contributed by atoms with Gasteiger partial charge in [-0.05, 0) is 30.3 Å². The van der Waals surface area contributed by atoms with Crippen LogP contribution in [0.15, 0.2) is 54.3 Å². The Labute approximate surface area is 114 Å². The zero-order valence-electron chi connectivity index (χ0n) is 9.98. The van der Waals surface area contributed by atoms with Crippen LogP contribution in [0.25, 0.3) is 16.3 Å². The van der Waals surface area contributed by atoms with Crippen LogP contribution in [0, 0.1) is 0 Å². The summed E-state index contributed by atoms with van der Waals surface area (Å²) in [4.78, 5) is 15.8. The molecule has 0 aliphatic rings. The molecule has 5 heteroatoms. The summed E-state index contributed by atoms with van der Waals surface area (Å²) < 4.78 is 1.97. The van der Waals surface area contributed by atoms with Crippen LogP contribution < -0.4 is 5.73 Å². The first-order valence-electron chi connectivity index (χ1n) is 5.73. The van der Waals surface area contributed by atoms with Gasteiger partial charge < -0.3 is 10.3 Å². The highest BCUT2D eigenvalue weighted by Crippen LogP contribution is 2.28. The number of primary amides is 1. The fourth-order valence-corrected chi connectivity index (χ4v) is 2.62. The van der Waals surface area contributed by atoms with E-state index < -0.39 is 5.91 Å². The lowest BCUT2D eigenvalue weighted by Gasteiger charge is -2.08. The number of thiazole rings is 1. The molecule has 0 aliphatic carbocycles. The molecule has 0 spiro atoms. The Morgan fingerprint density at radius 2 is 2.05 bits per heavy atom. The molecule has 0 bridgehead atoms. The molecule has 0 radical (unpaired) electrons. The molecule has 3 aromatic rings. The lowest BCUT2D eigenvalue weighted by Crippen LogP contribution is -2.12. The zero-order chi connectivity index (χ0) is 13.2. The standard InChI is InChI=1S/C14H11N3OS/c15-13(18)11-4-3-10(17-6-1-2-7-17)9-12(11)14-16-5-8-19-14/h1-9H,(H2,15,18). The van der Waals surface area contributed by atoms with Crippen LogP contribution in [-0.4, -0.2) is 15.5 Å². The Hall–Kier alpha value is -2.40. The number of hydrogen-bond acceptors (Lipinski definition) is 3. The summed E-state index contributed by atoms with van der Waals surface area (Å²) in [6.45, 7) is 0. The minimum atomic E-state index is -0.441. The minimum absolute atomic E-state index is 0.441. The summed E-state index contributed by atoms with van der Waals surface area (Å²) in [5.74, 6) is -0.441. The van der Waals surface area contributed by atoms with Crippen LogP contribution in [0.2, 0.25) is 0 Å². The van der Waals surface area contributed by atoms with Gasteiger partial charge in [0.1, 0.15) is 5.01 Å². The van der Waals surface area contributed by atoms with Crippen molar-refractivity contribution < 1.29 is 4.79 Å². The number of benzene rings is 1. The second kappa shape index (κ2) is 4.70. The van der Waals surface area contributed by atoms with Gasteiger partial charge in [-0.15, -0.1) is 11.3 Å². The highest BCUT2D eigenvalue weighted by molar-refractivity contribution is 7.13. The zero-order valence-corrected chi connectivity index (χ0v) is 10.8. The van der Waals surface area contributed by atoms with E-state index in [2.05, 4.69) is 4.98 Å². The molecule has 2 aromatic heterocycles. The van der Waals surface area contributed by atoms with Crippen molar-refractivity contribution in [2.45, 2.75) is 0 Å². The van der Waals surface area contributed by atoms with Gasteiger partial charge in [-0.1, -0.05) is 0 Å². The van der Waals surface area contributed by atoms with Crippen molar-refractivity contribution in [1.29, 1.82) is 0 Å². The number of nitrogens with two attached hydrogens (primary N) is 1. The molecule has 94 valence electrons. The number of aromatic nitrogens is 2. The van der Waals surface area contributed by atoms with E-state index in [1.165, 1.54) is 11.3 Å². The van der Waals surface area contributed by atoms with Crippen molar-refractivity contribution in [2.24, 2.45) is 5.73 Å². The van der Waals surface area contributed by atoms with Crippen molar-refractivity contribution in [1.82, 2.24) is 9.55 Å². The van der Waals surface area contributed by atoms with Gasteiger partial charge in [0.15, 0.2) is 0 Å². The summed E-state index contributed by atoms with van der Waals surface area (Å²) in [6.07, 6.45) is 5.61. The molecular formula is C14H11N3OS. The minimum Gasteiger partial charge on any atom is -0.366 e. The smallest absolute Gasteiger partial charge is 0.249 e. The molecule has 3 rings (SSSR count). The van der Waals surface area contributed by atoms with E-state index in [4.69, 9.17) is 5.73 Å². The second-order valence-electron chi connectivity index (χ2n) is 4.02. The monoisotopic (exact) mass is 269 g/mol. The third-order valence-electron chi connectivity index (χ3n) is 2.83. The van der Waals surface area contributed by atoms with E-state index in [9.17, 15) is 4.79 Å². The first-order valence-corrected chi connectivity index (χ1v) is 6.61. The van der Waals surface area contributed by atoms with Crippen LogP contribution in [-0.2, 0) is 0 Å². The quantitative estimate of drug-likeness (QED) is 0.794. The van der Waals surface area contributed by atoms with Crippen LogP contribution in [0.1, 0.15) is 10.4 Å². The third-order valence-corrected chi connectivity index (χ3v) is 3.64. The van der Waals surface area contributed by atoms with E-state index in [1.54, 1.807) is 12.3 Å². The highest BCUT2D eigenvalue weighted by Gasteiger charge is 2.13. The molecular weight excluding hydrogens is 258 g/mol. The maximum Gasteiger partial charge on any atom is 0.249 e. The molecule has 2 N–H and O–H groups in total. The predicted octanol–water partition coefficient (Wildman–Crippen LogP) is 2.70. The normalized spacial score (nSPS) is 10.5. The van der Waals surface area contributed by atoms with Gasteiger partial charge in [0, 0.05) is 40.8 Å². The van der Waals surface area contributed by atoms with Crippen molar-refractivity contribution in [3.63, 3.8) is 0 Å². The van der Waals surface area contributed by atoms with Crippen LogP contribution in [0.5, 0.6) is 0 Å². The number of rotatable bonds is 3. The van der Waals surface area contributed by atoms with Gasteiger partial charge in [0.05, 0.1) is 0 Å². The Kier molecular flexibility index (Phi) is 2.89. The first kappa shape index (κ1) is 11.7. The van der Waals surface area contributed by atoms with Gasteiger partial charge in [0.2, 0.25) is 5.91 Å². The van der Waals surface area contributed by atoms with Gasteiger partial charge in [0.25, 0.3) is 0 Å². The maximum atomic E-state index is 11.5. The Morgan fingerprint density at radius 3 is 2.68 bits per heavy atom. The van der Waals surface area contributed by atoms with Crippen molar-refractivity contribution in [2.75, 3.05) is 0 Å². The molecule has 4 nitrogen and oxygen atoms in total. The fraction of sp³-hybridized carbons (Fsp3) is 0. The maximum absolute atomic E-state index is 11.5. The van der Waals surface area contributed by atoms with Crippen LogP contribution >= 0.6 is 11.3 Å². The van der Waals surface area contributed by atoms with Crippen molar-refractivity contribution in [3.8, 4) is 16.3 Å². The van der Waals surface area contributed by atoms with Crippen molar-refractivity contribution >= 4 is 17.2 Å². The Morgan fingerprint density at radius 1 is 1.26 bits per heavy atom. The van der Waals surface area contributed by atoms with Crippen LogP contribution in [0.4, 0.5) is 0 Å². The lowest BCUT2D eigenvalue weighted by molar-refractivity contribution is 0.100. The lowest BCUT2D eigenvalue weighted by atomic mass is 10.1. The predicted molar refractivity (Wildman–Crippen MR) is 75.4 cm³/mol. The molecule has 0 atom stereocenters. The third kappa shape index (κ3) is 2.15. The molecule has 19 heavy (non-hydrogen) atoms. The highest BCUT2D eigenvalue weighted by atomic mass is 32.1. The Balaban J connectivity index is 2.18. The van der Waals surface area contributed by atoms with Gasteiger partial charge in [-0.2, -0.15) is 0 Å². The molecule has 0 fully saturated rings. The molecule has 0 saturated heterocycles. The van der Waals surface area contributed by atoms with E-state index >= 15 is 0 Å². The fourth-order valence-electron chi connectivity index (χ4n) is 1.95. The number of carbonyl (C=O) groups excluding carboxylic acids is 1. The summed E-state index contributed by atoms with van der Waals surface area (Å²) in [7, 11) is 0. The van der Waals surface area contributed by atoms with E-state index in [0.29, 0.717) is 5.56 Å². The SMILES string of the molecule is NC(=O)c1ccc(-n2cccc2)cc1-c1nccs1. The summed E-state index contributed by atoms with van der Waals surface area (Å²) >= 11 is 1.49. The molecule has 0 saturated carbocycles. The number of amides is 1. The summed E-state index contributed by atoms with van der Waals surface area (Å²) in [5, 5.41) is 2.67. The molecule has 2 heterocycles. The Bertz CT molecular complexity index is 702. The van der Waals surface area contributed by atoms with E-state index in [1.807, 2.05) is 46.6 Å². The second-order valence-corrected chi connectivity index (χ2v) is 4.92.